The molecule has 0 bridgehead atoms. The van der Waals surface area contributed by atoms with Gasteiger partial charge >= 0.3 is 6.09 Å². The summed E-state index contributed by atoms with van der Waals surface area (Å²) < 4.78 is 18.5. The second kappa shape index (κ2) is 13.6. The lowest BCUT2D eigenvalue weighted by molar-refractivity contribution is 0.0794. The van der Waals surface area contributed by atoms with Gasteiger partial charge in [0.2, 0.25) is 0 Å². The number of ether oxygens (including phenoxy) is 1. The zero-order valence-electron chi connectivity index (χ0n) is 30.3. The summed E-state index contributed by atoms with van der Waals surface area (Å²) in [5, 5.41) is 14.2. The summed E-state index contributed by atoms with van der Waals surface area (Å²) in [6.07, 6.45) is 2.73. The Labute approximate surface area is 299 Å². The Morgan fingerprint density at radius 1 is 1.16 bits per heavy atom. The summed E-state index contributed by atoms with van der Waals surface area (Å²) in [5.41, 5.74) is 5.85. The molecule has 1 N–H and O–H groups in total. The second-order valence-corrected chi connectivity index (χ2v) is 20.2. The van der Waals surface area contributed by atoms with Crippen molar-refractivity contribution in [1.82, 2.24) is 30.0 Å². The lowest BCUT2D eigenvalue weighted by Crippen LogP contribution is -2.49. The first-order chi connectivity index (χ1) is 23.5. The highest BCUT2D eigenvalue weighted by molar-refractivity contribution is 6.74. The fourth-order valence-corrected chi connectivity index (χ4v) is 7.44. The van der Waals surface area contributed by atoms with E-state index in [1.807, 2.05) is 33.0 Å². The van der Waals surface area contributed by atoms with Crippen LogP contribution in [0.3, 0.4) is 0 Å². The SMILES string of the molecule is Cc1noc(C)c1-c1nc(-c2cc(OCC(CN(C)C(=O)O)O[Si](C)(C)C(C)(C)C)ccc2Cl)nc(N2Cc3cnc(C4CC4)nc3C2)c1C. The molecule has 1 saturated carbocycles. The number of anilines is 1. The molecule has 2 aliphatic rings. The molecule has 14 heteroatoms. The highest BCUT2D eigenvalue weighted by atomic mass is 35.5. The van der Waals surface area contributed by atoms with Crippen molar-refractivity contribution in [3.05, 3.63) is 63.5 Å². The molecule has 0 spiro atoms. The van der Waals surface area contributed by atoms with E-state index in [4.69, 9.17) is 40.2 Å². The van der Waals surface area contributed by atoms with Crippen molar-refractivity contribution >= 4 is 31.8 Å². The Morgan fingerprint density at radius 2 is 1.90 bits per heavy atom. The Hall–Kier alpha value is -4.07. The van der Waals surface area contributed by atoms with E-state index in [-0.39, 0.29) is 18.2 Å². The second-order valence-electron chi connectivity index (χ2n) is 15.0. The number of aromatic nitrogens is 5. The third kappa shape index (κ3) is 7.35. The number of likely N-dealkylation sites (N-methyl/N-ethyl adjacent to an activating group) is 1. The predicted octanol–water partition coefficient (Wildman–Crippen LogP) is 7.94. The first-order valence-electron chi connectivity index (χ1n) is 17.0. The number of fused-ring (bicyclic) bond motifs is 1. The number of aryl methyl sites for hydroxylation is 2. The molecule has 0 radical (unpaired) electrons. The highest BCUT2D eigenvalue weighted by Crippen LogP contribution is 2.41. The van der Waals surface area contributed by atoms with Crippen molar-refractivity contribution in [2.45, 2.75) is 97.6 Å². The summed E-state index contributed by atoms with van der Waals surface area (Å²) in [7, 11) is -0.710. The van der Waals surface area contributed by atoms with E-state index in [9.17, 15) is 9.90 Å². The minimum atomic E-state index is -2.24. The van der Waals surface area contributed by atoms with E-state index < -0.39 is 20.5 Å². The van der Waals surface area contributed by atoms with Crippen LogP contribution >= 0.6 is 11.6 Å². The van der Waals surface area contributed by atoms with E-state index in [1.54, 1.807) is 12.1 Å². The van der Waals surface area contributed by atoms with Crippen LogP contribution in [-0.2, 0) is 17.5 Å². The van der Waals surface area contributed by atoms with Gasteiger partial charge in [-0.2, -0.15) is 0 Å². The van der Waals surface area contributed by atoms with Gasteiger partial charge < -0.3 is 28.6 Å². The number of carboxylic acid groups (broad SMARTS) is 1. The summed E-state index contributed by atoms with van der Waals surface area (Å²) >= 11 is 6.86. The van der Waals surface area contributed by atoms with E-state index in [0.717, 1.165) is 52.6 Å². The molecule has 3 aromatic heterocycles. The Kier molecular flexibility index (Phi) is 9.70. The Morgan fingerprint density at radius 3 is 2.54 bits per heavy atom. The van der Waals surface area contributed by atoms with Crippen LogP contribution in [0.5, 0.6) is 5.75 Å². The van der Waals surface area contributed by atoms with Gasteiger partial charge in [-0.1, -0.05) is 37.5 Å². The molecule has 6 rings (SSSR count). The van der Waals surface area contributed by atoms with Crippen LogP contribution in [0.4, 0.5) is 10.6 Å². The van der Waals surface area contributed by atoms with Gasteiger partial charge in [0.15, 0.2) is 14.1 Å². The van der Waals surface area contributed by atoms with Gasteiger partial charge in [0.1, 0.15) is 29.8 Å². The van der Waals surface area contributed by atoms with Crippen LogP contribution in [-0.4, -0.2) is 75.8 Å². The Bertz CT molecular complexity index is 1900. The number of hydrogen-bond acceptors (Lipinski definition) is 10. The van der Waals surface area contributed by atoms with E-state index in [2.05, 4.69) is 48.9 Å². The fraction of sp³-hybridized carbons (Fsp3) is 0.500. The van der Waals surface area contributed by atoms with Crippen molar-refractivity contribution in [3.63, 3.8) is 0 Å². The molecular formula is C36H46ClN7O5Si. The van der Waals surface area contributed by atoms with Crippen LogP contribution in [0.2, 0.25) is 23.2 Å². The quantitative estimate of drug-likeness (QED) is 0.151. The Balaban J connectivity index is 1.34. The topological polar surface area (TPSA) is 140 Å². The monoisotopic (exact) mass is 719 g/mol. The fourth-order valence-electron chi connectivity index (χ4n) is 5.91. The maximum Gasteiger partial charge on any atom is 0.407 e. The van der Waals surface area contributed by atoms with E-state index >= 15 is 0 Å². The molecule has 12 nitrogen and oxygen atoms in total. The number of hydrogen-bond donors (Lipinski definition) is 1. The molecule has 1 aliphatic heterocycles. The minimum Gasteiger partial charge on any atom is -0.491 e. The first-order valence-corrected chi connectivity index (χ1v) is 20.3. The molecule has 1 aromatic carbocycles. The smallest absolute Gasteiger partial charge is 0.407 e. The third-order valence-corrected chi connectivity index (χ3v) is 14.9. The lowest BCUT2D eigenvalue weighted by Gasteiger charge is -2.39. The van der Waals surface area contributed by atoms with Crippen LogP contribution in [0.25, 0.3) is 22.6 Å². The van der Waals surface area contributed by atoms with Gasteiger partial charge in [-0.25, -0.2) is 24.7 Å². The number of nitrogens with zero attached hydrogens (tertiary/aromatic N) is 7. The van der Waals surface area contributed by atoms with Crippen LogP contribution in [0.15, 0.2) is 28.9 Å². The van der Waals surface area contributed by atoms with E-state index in [1.165, 1.54) is 11.9 Å². The molecule has 1 unspecified atom stereocenters. The first kappa shape index (κ1) is 35.7. The zero-order valence-corrected chi connectivity index (χ0v) is 32.1. The van der Waals surface area contributed by atoms with Crippen molar-refractivity contribution in [1.29, 1.82) is 0 Å². The summed E-state index contributed by atoms with van der Waals surface area (Å²) in [4.78, 5) is 34.9. The standard InChI is InChI=1S/C36H46ClN7O5Si/c1-20-31(30-21(2)42-48-22(30)3)40-33(41-34(20)44-16-24-15-38-32(23-10-11-23)39-29(24)18-44)27-14-25(12-13-28(27)37)47-19-26(17-43(7)35(45)46)49-50(8,9)36(4,5)6/h12-15,23,26H,10-11,16-19H2,1-9H3,(H,45,46). The molecule has 4 heterocycles. The number of benzene rings is 1. The molecular weight excluding hydrogens is 674 g/mol. The van der Waals surface area contributed by atoms with Gasteiger partial charge in [-0.3, -0.25) is 0 Å². The number of halogens is 1. The van der Waals surface area contributed by atoms with Crippen molar-refractivity contribution < 1.29 is 23.6 Å². The zero-order chi connectivity index (χ0) is 36.1. The number of amides is 1. The van der Waals surface area contributed by atoms with Gasteiger partial charge in [-0.15, -0.1) is 0 Å². The van der Waals surface area contributed by atoms with E-state index in [0.29, 0.717) is 52.6 Å². The number of rotatable bonds is 11. The van der Waals surface area contributed by atoms with Gasteiger partial charge in [0.25, 0.3) is 0 Å². The summed E-state index contributed by atoms with van der Waals surface area (Å²) in [6.45, 7) is 18.1. The maximum absolute atomic E-state index is 11.7. The van der Waals surface area contributed by atoms with Crippen molar-refractivity contribution in [2.75, 3.05) is 25.1 Å². The molecule has 1 atom stereocenters. The molecule has 4 aromatic rings. The van der Waals surface area contributed by atoms with Crippen LogP contribution < -0.4 is 9.64 Å². The van der Waals surface area contributed by atoms with Crippen molar-refractivity contribution in [2.24, 2.45) is 0 Å². The largest absolute Gasteiger partial charge is 0.491 e. The molecule has 1 fully saturated rings. The van der Waals surface area contributed by atoms with Gasteiger partial charge in [-0.05, 0) is 69.9 Å². The minimum absolute atomic E-state index is 0.0668. The average molecular weight is 720 g/mol. The predicted molar refractivity (Wildman–Crippen MR) is 194 cm³/mol. The van der Waals surface area contributed by atoms with Crippen LogP contribution in [0, 0.1) is 20.8 Å². The third-order valence-electron chi connectivity index (χ3n) is 9.99. The summed E-state index contributed by atoms with van der Waals surface area (Å²) in [5.74, 6) is 3.78. The molecule has 50 heavy (non-hydrogen) atoms. The van der Waals surface area contributed by atoms with Crippen LogP contribution in [0.1, 0.15) is 73.6 Å². The van der Waals surface area contributed by atoms with Crippen molar-refractivity contribution in [3.8, 4) is 28.4 Å². The highest BCUT2D eigenvalue weighted by Gasteiger charge is 2.40. The van der Waals surface area contributed by atoms with Gasteiger partial charge in [0, 0.05) is 42.4 Å². The molecule has 1 aliphatic carbocycles. The summed E-state index contributed by atoms with van der Waals surface area (Å²) in [6, 6.07) is 5.37. The maximum atomic E-state index is 11.7. The van der Waals surface area contributed by atoms with Gasteiger partial charge in [0.05, 0.1) is 46.9 Å². The molecule has 266 valence electrons. The number of carbonyl (C=O) groups is 1. The molecule has 1 amide bonds. The normalized spacial score (nSPS) is 15.3. The molecule has 0 saturated heterocycles. The average Bonchev–Trinajstić information content (AvgIpc) is 3.73. The lowest BCUT2D eigenvalue weighted by atomic mass is 10.0.